The van der Waals surface area contributed by atoms with Crippen molar-refractivity contribution in [3.05, 3.63) is 78.1 Å². The molecule has 4 heterocycles. The molecular weight excluding hydrogens is 474 g/mol. The number of aliphatic hydroxyl groups is 1. The summed E-state index contributed by atoms with van der Waals surface area (Å²) < 4.78 is 0. The second kappa shape index (κ2) is 10.2. The largest absolute Gasteiger partial charge is 0.393 e. The number of carbonyl (C=O) groups is 1. The smallest absolute Gasteiger partial charge is 0.251 e. The molecule has 2 aromatic heterocycles. The SMILES string of the molecule is CC(C)C[C@H](NC(=O)c1ccc2[nH]nc(-c3ccc(N4C5CCC4CC(O)C5)cc3)c2c1)c1ccccn1. The lowest BCUT2D eigenvalue weighted by Crippen LogP contribution is -2.44. The van der Waals surface area contributed by atoms with Crippen LogP contribution in [0.2, 0.25) is 0 Å². The van der Waals surface area contributed by atoms with E-state index in [0.29, 0.717) is 23.6 Å². The summed E-state index contributed by atoms with van der Waals surface area (Å²) in [6.07, 6.45) is 6.41. The van der Waals surface area contributed by atoms with Gasteiger partial charge in [-0.1, -0.05) is 32.0 Å². The number of amides is 1. The Labute approximate surface area is 223 Å². The second-order valence-corrected chi connectivity index (χ2v) is 11.2. The molecule has 3 N–H and O–H groups in total. The van der Waals surface area contributed by atoms with Gasteiger partial charge in [-0.15, -0.1) is 0 Å². The van der Waals surface area contributed by atoms with Crippen LogP contribution >= 0.6 is 0 Å². The van der Waals surface area contributed by atoms with Gasteiger partial charge in [0.25, 0.3) is 5.91 Å². The van der Waals surface area contributed by atoms with Crippen molar-refractivity contribution in [2.75, 3.05) is 4.90 Å². The number of aliphatic hydroxyl groups excluding tert-OH is 1. The molecule has 2 unspecified atom stereocenters. The van der Waals surface area contributed by atoms with Gasteiger partial charge in [-0.2, -0.15) is 5.10 Å². The van der Waals surface area contributed by atoms with Gasteiger partial charge in [-0.05, 0) is 80.5 Å². The Balaban J connectivity index is 1.24. The minimum Gasteiger partial charge on any atom is -0.393 e. The lowest BCUT2D eigenvalue weighted by atomic mass is 9.98. The highest BCUT2D eigenvalue weighted by molar-refractivity contribution is 6.01. The molecule has 2 aliphatic rings. The predicted molar refractivity (Wildman–Crippen MR) is 150 cm³/mol. The maximum atomic E-state index is 13.3. The summed E-state index contributed by atoms with van der Waals surface area (Å²) in [5.74, 6) is 0.298. The normalized spacial score (nSPS) is 21.7. The number of benzene rings is 2. The highest BCUT2D eigenvalue weighted by Crippen LogP contribution is 2.40. The highest BCUT2D eigenvalue weighted by atomic mass is 16.3. The fraction of sp³-hybridized carbons (Fsp3) is 0.387. The van der Waals surface area contributed by atoms with Crippen LogP contribution < -0.4 is 10.2 Å². The molecule has 2 saturated heterocycles. The molecule has 0 spiro atoms. The quantitative estimate of drug-likeness (QED) is 0.300. The first-order chi connectivity index (χ1) is 18.5. The lowest BCUT2D eigenvalue weighted by Gasteiger charge is -2.39. The van der Waals surface area contributed by atoms with E-state index in [2.05, 4.69) is 63.5 Å². The van der Waals surface area contributed by atoms with E-state index < -0.39 is 0 Å². The van der Waals surface area contributed by atoms with Gasteiger partial charge in [0.05, 0.1) is 29.1 Å². The molecule has 4 aromatic rings. The summed E-state index contributed by atoms with van der Waals surface area (Å²) in [5, 5.41) is 22.0. The first kappa shape index (κ1) is 24.6. The molecule has 7 heteroatoms. The van der Waals surface area contributed by atoms with E-state index in [9.17, 15) is 9.90 Å². The van der Waals surface area contributed by atoms with Crippen LogP contribution in [0.5, 0.6) is 0 Å². The molecule has 7 nitrogen and oxygen atoms in total. The van der Waals surface area contributed by atoms with E-state index in [1.807, 2.05) is 36.4 Å². The maximum Gasteiger partial charge on any atom is 0.251 e. The number of H-pyrrole nitrogens is 1. The van der Waals surface area contributed by atoms with Gasteiger partial charge in [0.2, 0.25) is 0 Å². The first-order valence-electron chi connectivity index (χ1n) is 13.7. The molecule has 2 aliphatic heterocycles. The zero-order valence-electron chi connectivity index (χ0n) is 22.0. The third-order valence-electron chi connectivity index (χ3n) is 8.03. The van der Waals surface area contributed by atoms with Gasteiger partial charge in [0.1, 0.15) is 0 Å². The number of fused-ring (bicyclic) bond motifs is 3. The van der Waals surface area contributed by atoms with Crippen molar-refractivity contribution >= 4 is 22.5 Å². The van der Waals surface area contributed by atoms with E-state index in [1.165, 1.54) is 5.69 Å². The van der Waals surface area contributed by atoms with Gasteiger partial charge in [0.15, 0.2) is 0 Å². The first-order valence-corrected chi connectivity index (χ1v) is 13.7. The fourth-order valence-corrected chi connectivity index (χ4v) is 6.29. The number of aromatic amines is 1. The minimum absolute atomic E-state index is 0.117. The van der Waals surface area contributed by atoms with Crippen LogP contribution in [-0.2, 0) is 0 Å². The average molecular weight is 510 g/mol. The summed E-state index contributed by atoms with van der Waals surface area (Å²) in [7, 11) is 0. The minimum atomic E-state index is -0.172. The van der Waals surface area contributed by atoms with Crippen molar-refractivity contribution in [2.45, 2.75) is 70.2 Å². The fourth-order valence-electron chi connectivity index (χ4n) is 6.29. The van der Waals surface area contributed by atoms with Crippen molar-refractivity contribution in [3.63, 3.8) is 0 Å². The summed E-state index contributed by atoms with van der Waals surface area (Å²) in [6.45, 7) is 4.30. The van der Waals surface area contributed by atoms with Crippen LogP contribution in [0.1, 0.15) is 68.0 Å². The van der Waals surface area contributed by atoms with Gasteiger partial charge >= 0.3 is 0 Å². The van der Waals surface area contributed by atoms with Crippen molar-refractivity contribution in [1.29, 1.82) is 0 Å². The topological polar surface area (TPSA) is 94.1 Å². The molecule has 3 atom stereocenters. The predicted octanol–water partition coefficient (Wildman–Crippen LogP) is 5.63. The van der Waals surface area contributed by atoms with Crippen molar-refractivity contribution < 1.29 is 9.90 Å². The number of piperidine rings is 1. The standard InChI is InChI=1S/C31H35N5O2/c1-19(2)15-29(28-5-3-4-14-32-28)33-31(38)21-8-13-27-26(16-21)30(35-34-27)20-6-9-22(10-7-20)36-23-11-12-24(36)18-25(37)17-23/h3-10,13-14,16,19,23-25,29,37H,11-12,15,17-18H2,1-2H3,(H,33,38)(H,34,35)/t23?,24?,25?,29-/m0/s1. The third-order valence-corrected chi connectivity index (χ3v) is 8.03. The number of carbonyl (C=O) groups excluding carboxylic acids is 1. The number of anilines is 1. The van der Waals surface area contributed by atoms with E-state index in [0.717, 1.165) is 60.0 Å². The molecule has 0 radical (unpaired) electrons. The van der Waals surface area contributed by atoms with Gasteiger partial charge < -0.3 is 15.3 Å². The number of rotatable bonds is 7. The zero-order valence-corrected chi connectivity index (χ0v) is 22.0. The van der Waals surface area contributed by atoms with E-state index in [4.69, 9.17) is 0 Å². The Morgan fingerprint density at radius 3 is 2.53 bits per heavy atom. The number of aromatic nitrogens is 3. The summed E-state index contributed by atoms with van der Waals surface area (Å²) >= 11 is 0. The molecule has 6 rings (SSSR count). The number of nitrogens with zero attached hydrogens (tertiary/aromatic N) is 3. The molecule has 0 aliphatic carbocycles. The van der Waals surface area contributed by atoms with Crippen molar-refractivity contribution in [1.82, 2.24) is 20.5 Å². The Morgan fingerprint density at radius 1 is 1.08 bits per heavy atom. The van der Waals surface area contributed by atoms with Gasteiger partial charge in [0, 0.05) is 40.5 Å². The molecule has 2 fully saturated rings. The molecule has 1 amide bonds. The van der Waals surface area contributed by atoms with Crippen molar-refractivity contribution in [2.24, 2.45) is 5.92 Å². The Kier molecular flexibility index (Phi) is 6.62. The molecular formula is C31H35N5O2. The molecule has 38 heavy (non-hydrogen) atoms. The molecule has 196 valence electrons. The monoisotopic (exact) mass is 509 g/mol. The number of hydrogen-bond acceptors (Lipinski definition) is 5. The van der Waals surface area contributed by atoms with E-state index in [1.54, 1.807) is 6.20 Å². The summed E-state index contributed by atoms with van der Waals surface area (Å²) in [5.41, 5.74) is 5.42. The Morgan fingerprint density at radius 2 is 1.84 bits per heavy atom. The Bertz CT molecular complexity index is 1400. The number of nitrogens with one attached hydrogen (secondary N) is 2. The van der Waals surface area contributed by atoms with E-state index in [-0.39, 0.29) is 18.1 Å². The molecule has 0 saturated carbocycles. The maximum absolute atomic E-state index is 13.3. The Hall–Kier alpha value is -3.71. The van der Waals surface area contributed by atoms with Gasteiger partial charge in [-0.25, -0.2) is 0 Å². The highest BCUT2D eigenvalue weighted by Gasteiger charge is 2.40. The summed E-state index contributed by atoms with van der Waals surface area (Å²) in [4.78, 5) is 20.3. The van der Waals surface area contributed by atoms with Crippen LogP contribution in [0.15, 0.2) is 66.9 Å². The van der Waals surface area contributed by atoms with Crippen LogP contribution in [0, 0.1) is 5.92 Å². The van der Waals surface area contributed by atoms with E-state index >= 15 is 0 Å². The van der Waals surface area contributed by atoms with Crippen LogP contribution in [-0.4, -0.2) is 44.4 Å². The average Bonchev–Trinajstić information content (AvgIpc) is 3.46. The van der Waals surface area contributed by atoms with Crippen LogP contribution in [0.25, 0.3) is 22.2 Å². The van der Waals surface area contributed by atoms with Crippen molar-refractivity contribution in [3.8, 4) is 11.3 Å². The second-order valence-electron chi connectivity index (χ2n) is 11.2. The molecule has 2 aromatic carbocycles. The number of pyridine rings is 1. The van der Waals surface area contributed by atoms with Crippen LogP contribution in [0.3, 0.4) is 0 Å². The lowest BCUT2D eigenvalue weighted by molar-refractivity contribution is 0.0931. The molecule has 2 bridgehead atoms. The van der Waals surface area contributed by atoms with Gasteiger partial charge in [-0.3, -0.25) is 14.9 Å². The summed E-state index contributed by atoms with van der Waals surface area (Å²) in [6, 6.07) is 20.7. The van der Waals surface area contributed by atoms with Crippen LogP contribution in [0.4, 0.5) is 5.69 Å². The zero-order chi connectivity index (χ0) is 26.2. The number of hydrogen-bond donors (Lipinski definition) is 3. The third kappa shape index (κ3) is 4.78.